The molecule has 1 saturated carbocycles. The Morgan fingerprint density at radius 3 is 1.50 bits per heavy atom. The van der Waals surface area contributed by atoms with E-state index in [4.69, 9.17) is 25.1 Å². The molecule has 0 bridgehead atoms. The summed E-state index contributed by atoms with van der Waals surface area (Å²) in [7, 11) is 9.67. The molecule has 2 N–H and O–H groups in total. The summed E-state index contributed by atoms with van der Waals surface area (Å²) in [4.78, 5) is 0. The normalized spacial score (nSPS) is 37.6. The maximum absolute atomic E-state index is 5.62. The number of hydrogen-bond donors (Lipinski definition) is 1. The average Bonchev–Trinajstić information content (AvgIpc) is 2.37. The van der Waals surface area contributed by atoms with E-state index in [0.717, 1.165) is 36.1 Å². The molecule has 0 aliphatic heterocycles. The van der Waals surface area contributed by atoms with Gasteiger partial charge in [0.15, 0.2) is 0 Å². The van der Waals surface area contributed by atoms with E-state index in [1.54, 1.807) is 0 Å². The van der Waals surface area contributed by atoms with Crippen LogP contribution in [0.1, 0.15) is 34.1 Å². The second-order valence-corrected chi connectivity index (χ2v) is 7.21. The zero-order valence-corrected chi connectivity index (χ0v) is 14.1. The summed E-state index contributed by atoms with van der Waals surface area (Å²) < 4.78 is 0. The van der Waals surface area contributed by atoms with Crippen LogP contribution in [0.3, 0.4) is 0 Å². The van der Waals surface area contributed by atoms with E-state index in [1.165, 1.54) is 6.42 Å². The van der Waals surface area contributed by atoms with Crippen molar-refractivity contribution in [2.24, 2.45) is 35.3 Å². The maximum atomic E-state index is 5.62. The zero-order chi connectivity index (χ0) is 12.0. The number of hydrogen-bond acceptors (Lipinski definition) is 1. The van der Waals surface area contributed by atoms with Gasteiger partial charge < -0.3 is 13.2 Å². The van der Waals surface area contributed by atoms with Gasteiger partial charge in [0.05, 0.1) is 0 Å². The Morgan fingerprint density at radius 2 is 1.25 bits per heavy atom. The summed E-state index contributed by atoms with van der Waals surface area (Å²) in [5.41, 5.74) is 5.62. The van der Waals surface area contributed by atoms with Crippen LogP contribution in [0.4, 0.5) is 0 Å². The van der Waals surface area contributed by atoms with E-state index in [-0.39, 0.29) is 22.6 Å². The van der Waals surface area contributed by atoms with E-state index in [2.05, 4.69) is 27.7 Å². The molecule has 0 aromatic heterocycles. The molecule has 4 atom stereocenters. The molecule has 1 rings (SSSR count). The SMILES string of the molecule is CC1C(C)C(C)C(CCN)C1C.[CH3-].[Cl][Rh][Cl]. The number of rotatable bonds is 2. The van der Waals surface area contributed by atoms with Gasteiger partial charge in [-0.15, -0.1) is 0 Å². The minimum absolute atomic E-state index is 0. The molecule has 4 heteroatoms. The molecule has 0 spiro atoms. The first kappa shape index (κ1) is 19.5. The predicted molar refractivity (Wildman–Crippen MR) is 71.9 cm³/mol. The van der Waals surface area contributed by atoms with Crippen molar-refractivity contribution >= 4 is 19.4 Å². The first-order valence-corrected chi connectivity index (χ1v) is 9.76. The van der Waals surface area contributed by atoms with Crippen molar-refractivity contribution in [3.63, 3.8) is 0 Å². The monoisotopic (exact) mass is 357 g/mol. The molecule has 16 heavy (non-hydrogen) atoms. The first-order chi connectivity index (χ1) is 7.01. The Kier molecular flexibility index (Phi) is 12.3. The molecule has 0 amide bonds. The molecular formula is C12H26Cl2NRh-. The average molecular weight is 358 g/mol. The van der Waals surface area contributed by atoms with Gasteiger partial charge in [-0.2, -0.15) is 0 Å². The van der Waals surface area contributed by atoms with Crippen LogP contribution in [-0.4, -0.2) is 6.54 Å². The number of nitrogens with two attached hydrogens (primary N) is 1. The molecule has 0 radical (unpaired) electrons. The molecule has 4 unspecified atom stereocenters. The first-order valence-electron chi connectivity index (χ1n) is 5.54. The fourth-order valence-electron chi connectivity index (χ4n) is 2.93. The minimum atomic E-state index is -0.226. The van der Waals surface area contributed by atoms with E-state index >= 15 is 0 Å². The molecule has 103 valence electrons. The van der Waals surface area contributed by atoms with Gasteiger partial charge in [-0.05, 0) is 42.6 Å². The quantitative estimate of drug-likeness (QED) is 0.577. The summed E-state index contributed by atoms with van der Waals surface area (Å²) in [5, 5.41) is 0. The van der Waals surface area contributed by atoms with Crippen molar-refractivity contribution in [1.82, 2.24) is 0 Å². The van der Waals surface area contributed by atoms with Crippen molar-refractivity contribution in [3.8, 4) is 0 Å². The third-order valence-electron chi connectivity index (χ3n) is 4.34. The molecule has 1 fully saturated rings. The fourth-order valence-corrected chi connectivity index (χ4v) is 2.93. The molecule has 1 nitrogen and oxygen atoms in total. The topological polar surface area (TPSA) is 26.0 Å². The molecule has 0 saturated heterocycles. The van der Waals surface area contributed by atoms with E-state index in [9.17, 15) is 0 Å². The Morgan fingerprint density at radius 1 is 0.938 bits per heavy atom. The Hall–Kier alpha value is 1.16. The van der Waals surface area contributed by atoms with Crippen molar-refractivity contribution in [3.05, 3.63) is 7.43 Å². The van der Waals surface area contributed by atoms with Crippen molar-refractivity contribution in [1.29, 1.82) is 0 Å². The van der Waals surface area contributed by atoms with Crippen LogP contribution in [0.25, 0.3) is 0 Å². The van der Waals surface area contributed by atoms with Crippen LogP contribution in [-0.2, 0) is 15.1 Å². The van der Waals surface area contributed by atoms with Crippen LogP contribution in [0.15, 0.2) is 0 Å². The van der Waals surface area contributed by atoms with Crippen LogP contribution in [0, 0.1) is 37.0 Å². The number of halogens is 2. The summed E-state index contributed by atoms with van der Waals surface area (Å²) in [6.07, 6.45) is 1.22. The summed E-state index contributed by atoms with van der Waals surface area (Å²) >= 11 is -0.226. The van der Waals surface area contributed by atoms with Gasteiger partial charge in [-0.3, -0.25) is 0 Å². The second kappa shape index (κ2) is 10.1. The van der Waals surface area contributed by atoms with Gasteiger partial charge in [0.25, 0.3) is 0 Å². The van der Waals surface area contributed by atoms with Gasteiger partial charge in [-0.25, -0.2) is 0 Å². The third kappa shape index (κ3) is 5.21. The van der Waals surface area contributed by atoms with Gasteiger partial charge >= 0.3 is 34.5 Å². The molecule has 0 aromatic carbocycles. The van der Waals surface area contributed by atoms with Crippen LogP contribution >= 0.6 is 19.4 Å². The van der Waals surface area contributed by atoms with Gasteiger partial charge in [-0.1, -0.05) is 27.7 Å². The van der Waals surface area contributed by atoms with Gasteiger partial charge in [0, 0.05) is 0 Å². The van der Waals surface area contributed by atoms with Gasteiger partial charge in [0.2, 0.25) is 0 Å². The summed E-state index contributed by atoms with van der Waals surface area (Å²) in [6, 6.07) is 0. The van der Waals surface area contributed by atoms with E-state index in [1.807, 2.05) is 0 Å². The standard InChI is InChI=1S/C11H23N.CH3.2ClH.Rh/c1-7-8(2)10(4)11(5-6-12)9(7)3;;;;/h7-11H,5-6,12H2,1-4H3;1H3;2*1H;/q;-1;;;+2/p-2. The molecule has 1 aliphatic carbocycles. The third-order valence-corrected chi connectivity index (χ3v) is 4.34. The molecule has 0 heterocycles. The summed E-state index contributed by atoms with van der Waals surface area (Å²) in [6.45, 7) is 10.4. The van der Waals surface area contributed by atoms with Crippen molar-refractivity contribution < 1.29 is 15.1 Å². The molecule has 1 aliphatic rings. The fraction of sp³-hybridized carbons (Fsp3) is 0.917. The van der Waals surface area contributed by atoms with E-state index < -0.39 is 0 Å². The van der Waals surface area contributed by atoms with Crippen molar-refractivity contribution in [2.75, 3.05) is 6.54 Å². The van der Waals surface area contributed by atoms with Crippen LogP contribution in [0.5, 0.6) is 0 Å². The van der Waals surface area contributed by atoms with Crippen LogP contribution in [0.2, 0.25) is 0 Å². The Balaban J connectivity index is 0. The molecular weight excluding hydrogens is 332 g/mol. The molecule has 0 aromatic rings. The van der Waals surface area contributed by atoms with Crippen molar-refractivity contribution in [2.45, 2.75) is 34.1 Å². The second-order valence-electron chi connectivity index (χ2n) is 4.73. The van der Waals surface area contributed by atoms with E-state index in [0.29, 0.717) is 0 Å². The van der Waals surface area contributed by atoms with Gasteiger partial charge in [0.1, 0.15) is 0 Å². The Labute approximate surface area is 118 Å². The summed E-state index contributed by atoms with van der Waals surface area (Å²) in [5.74, 6) is 4.39. The van der Waals surface area contributed by atoms with Crippen LogP contribution < -0.4 is 5.73 Å². The predicted octanol–water partition coefficient (Wildman–Crippen LogP) is 4.34. The Bertz CT molecular complexity index is 155. The zero-order valence-electron chi connectivity index (χ0n) is 11.0.